The molecule has 0 spiro atoms. The van der Waals surface area contributed by atoms with E-state index < -0.39 is 45.5 Å². The number of anilines is 1. The molecule has 8 N–H and O–H groups in total. The molecule has 1 saturated heterocycles. The van der Waals surface area contributed by atoms with Gasteiger partial charge in [0.15, 0.2) is 22.4 Å². The van der Waals surface area contributed by atoms with Crippen LogP contribution in [0, 0.1) is 0 Å². The summed E-state index contributed by atoms with van der Waals surface area (Å²) in [5.74, 6) is -0.281. The molecule has 17 nitrogen and oxygen atoms in total. The summed E-state index contributed by atoms with van der Waals surface area (Å²) in [6.07, 6.45) is 0.883. The van der Waals surface area contributed by atoms with Gasteiger partial charge in [0.1, 0.15) is 23.6 Å². The van der Waals surface area contributed by atoms with Gasteiger partial charge in [-0.25, -0.2) is 9.98 Å². The van der Waals surface area contributed by atoms with E-state index in [-0.39, 0.29) is 22.6 Å². The van der Waals surface area contributed by atoms with Gasteiger partial charge in [-0.2, -0.15) is 13.5 Å². The predicted molar refractivity (Wildman–Crippen MR) is 168 cm³/mol. The summed E-state index contributed by atoms with van der Waals surface area (Å²) in [4.78, 5) is 40.8. The average molecular weight is 680 g/mol. The standard InChI is InChI=1S/C27H37N9O8S2/c1-26(2)21(23(38)36(26)44-46(39,40)41)34-22(37)20(17-13-45-24(29)32-17)35-43-27(3,4)19-8-6-15-11-14(5-7-18(15)42-19)16-12-31-25(33-16)30-10-9-28/h5,7,11,13,16,19,21H,6,8-10,12,28H2,1-4H3,(H2,29,32)(H,34,37)(H2,30,31,33)(H,39,40,41)/b35-20-/t16-,19+,21+/m0/s1. The molecular formula is C27H37N9O8S2. The Morgan fingerprint density at radius 2 is 2.13 bits per heavy atom. The van der Waals surface area contributed by atoms with Gasteiger partial charge in [-0.3, -0.25) is 14.1 Å². The summed E-state index contributed by atoms with van der Waals surface area (Å²) in [6.45, 7) is 8.27. The number of ether oxygens (including phenoxy) is 1. The summed E-state index contributed by atoms with van der Waals surface area (Å²) >= 11 is 1.08. The van der Waals surface area contributed by atoms with Gasteiger partial charge in [0.05, 0.1) is 11.6 Å². The van der Waals surface area contributed by atoms with Crippen molar-refractivity contribution in [3.63, 3.8) is 0 Å². The second-order valence-corrected chi connectivity index (χ2v) is 13.9. The van der Waals surface area contributed by atoms with Crippen molar-refractivity contribution in [2.75, 3.05) is 25.4 Å². The number of rotatable bonds is 11. The Balaban J connectivity index is 1.28. The number of hydrogen-bond acceptors (Lipinski definition) is 15. The number of thiazole rings is 1. The van der Waals surface area contributed by atoms with E-state index in [9.17, 15) is 18.0 Å². The van der Waals surface area contributed by atoms with Gasteiger partial charge in [-0.05, 0) is 63.8 Å². The number of hydroxylamine groups is 2. The quantitative estimate of drug-likeness (QED) is 0.0794. The van der Waals surface area contributed by atoms with Gasteiger partial charge in [-0.1, -0.05) is 11.2 Å². The number of nitrogens with one attached hydrogen (secondary N) is 3. The van der Waals surface area contributed by atoms with Crippen molar-refractivity contribution in [3.8, 4) is 5.75 Å². The smallest absolute Gasteiger partial charge is 0.418 e. The van der Waals surface area contributed by atoms with Crippen molar-refractivity contribution in [2.45, 2.75) is 69.9 Å². The third-order valence-electron chi connectivity index (χ3n) is 7.85. The largest absolute Gasteiger partial charge is 0.486 e. The number of fused-ring (bicyclic) bond motifs is 1. The Kier molecular flexibility index (Phi) is 9.15. The number of nitrogens with zero attached hydrogens (tertiary/aromatic N) is 4. The molecule has 5 rings (SSSR count). The fourth-order valence-corrected chi connectivity index (χ4v) is 6.28. The van der Waals surface area contributed by atoms with E-state index in [1.54, 1.807) is 13.8 Å². The maximum absolute atomic E-state index is 13.4. The van der Waals surface area contributed by atoms with Crippen molar-refractivity contribution < 1.29 is 36.4 Å². The van der Waals surface area contributed by atoms with E-state index in [0.29, 0.717) is 43.3 Å². The molecule has 0 aliphatic carbocycles. The van der Waals surface area contributed by atoms with Crippen LogP contribution in [0.4, 0.5) is 5.13 Å². The van der Waals surface area contributed by atoms with Crippen LogP contribution >= 0.6 is 11.3 Å². The summed E-state index contributed by atoms with van der Waals surface area (Å²) in [5, 5.41) is 15.2. The van der Waals surface area contributed by atoms with Gasteiger partial charge >= 0.3 is 10.4 Å². The minimum absolute atomic E-state index is 0.0270. The molecule has 3 aliphatic rings. The lowest BCUT2D eigenvalue weighted by Gasteiger charge is -2.50. The van der Waals surface area contributed by atoms with Crippen LogP contribution in [0.5, 0.6) is 5.75 Å². The predicted octanol–water partition coefficient (Wildman–Crippen LogP) is 0.00700. The molecular weight excluding hydrogens is 642 g/mol. The number of benzene rings is 1. The topological polar surface area (TPSA) is 245 Å². The highest BCUT2D eigenvalue weighted by Crippen LogP contribution is 2.36. The van der Waals surface area contributed by atoms with Crippen molar-refractivity contribution in [3.05, 3.63) is 40.4 Å². The molecule has 3 atom stereocenters. The van der Waals surface area contributed by atoms with E-state index in [0.717, 1.165) is 28.4 Å². The summed E-state index contributed by atoms with van der Waals surface area (Å²) in [7, 11) is -4.96. The number of amides is 2. The van der Waals surface area contributed by atoms with E-state index in [1.807, 2.05) is 12.1 Å². The zero-order valence-electron chi connectivity index (χ0n) is 25.6. The molecule has 250 valence electrons. The van der Waals surface area contributed by atoms with Crippen LogP contribution in [-0.2, 0) is 35.5 Å². The number of aryl methyl sites for hydroxylation is 1. The first-order valence-corrected chi connectivity index (χ1v) is 16.7. The van der Waals surface area contributed by atoms with Crippen LogP contribution in [-0.4, -0.2) is 89.4 Å². The molecule has 3 aliphatic heterocycles. The monoisotopic (exact) mass is 679 g/mol. The summed E-state index contributed by atoms with van der Waals surface area (Å²) in [6, 6.07) is 4.76. The number of carbonyl (C=O) groups excluding carboxylic acids is 2. The Bertz CT molecular complexity index is 1670. The maximum atomic E-state index is 13.4. The number of β-lactam (4-membered cyclic amide) rings is 1. The Hall–Kier alpha value is -4.04. The van der Waals surface area contributed by atoms with Gasteiger partial charge in [0, 0.05) is 25.0 Å². The van der Waals surface area contributed by atoms with Crippen molar-refractivity contribution in [1.29, 1.82) is 0 Å². The van der Waals surface area contributed by atoms with Gasteiger partial charge in [-0.15, -0.1) is 15.6 Å². The summed E-state index contributed by atoms with van der Waals surface area (Å²) in [5.41, 5.74) is 11.0. The fourth-order valence-electron chi connectivity index (χ4n) is 5.28. The normalized spacial score (nSPS) is 22.6. The van der Waals surface area contributed by atoms with Gasteiger partial charge in [0.25, 0.3) is 11.8 Å². The van der Waals surface area contributed by atoms with Gasteiger partial charge in [0.2, 0.25) is 0 Å². The lowest BCUT2D eigenvalue weighted by Crippen LogP contribution is -2.76. The van der Waals surface area contributed by atoms with Crippen LogP contribution in [0.15, 0.2) is 33.7 Å². The van der Waals surface area contributed by atoms with E-state index >= 15 is 0 Å². The number of oxime groups is 1. The number of nitrogen functional groups attached to an aromatic ring is 1. The second kappa shape index (κ2) is 12.6. The van der Waals surface area contributed by atoms with Crippen molar-refractivity contribution in [2.24, 2.45) is 15.9 Å². The Labute approximate surface area is 269 Å². The van der Waals surface area contributed by atoms with E-state index in [1.165, 1.54) is 19.2 Å². The zero-order valence-corrected chi connectivity index (χ0v) is 27.3. The minimum Gasteiger partial charge on any atom is -0.486 e. The number of guanidine groups is 1. The van der Waals surface area contributed by atoms with Crippen molar-refractivity contribution in [1.82, 2.24) is 26.0 Å². The van der Waals surface area contributed by atoms with E-state index in [2.05, 4.69) is 36.4 Å². The highest BCUT2D eigenvalue weighted by Gasteiger charge is 2.58. The number of carbonyl (C=O) groups is 2. The molecule has 2 aromatic rings. The molecule has 19 heteroatoms. The van der Waals surface area contributed by atoms with Gasteiger partial charge < -0.3 is 37.0 Å². The van der Waals surface area contributed by atoms with Crippen LogP contribution in [0.25, 0.3) is 0 Å². The third kappa shape index (κ3) is 7.02. The fraction of sp³-hybridized carbons (Fsp3) is 0.519. The highest BCUT2D eigenvalue weighted by atomic mass is 32.3. The number of aromatic nitrogens is 1. The molecule has 1 aromatic heterocycles. The molecule has 1 aromatic carbocycles. The maximum Gasteiger partial charge on any atom is 0.418 e. The molecule has 46 heavy (non-hydrogen) atoms. The lowest BCUT2D eigenvalue weighted by atomic mass is 9.84. The van der Waals surface area contributed by atoms with Crippen LogP contribution < -0.4 is 32.2 Å². The molecule has 0 saturated carbocycles. The zero-order chi connectivity index (χ0) is 33.4. The Morgan fingerprint density at radius 3 is 2.78 bits per heavy atom. The number of nitrogens with two attached hydrogens (primary N) is 2. The number of aliphatic imine (C=N–C) groups is 1. The average Bonchev–Trinajstić information content (AvgIpc) is 3.65. The minimum atomic E-state index is -4.96. The highest BCUT2D eigenvalue weighted by molar-refractivity contribution is 7.80. The SMILES string of the molecule is CC(C)(O/N=C(\C(=O)N[C@@H]1C(=O)N(OS(=O)(=O)O)C1(C)C)c1csc(N)n1)[C@H]1CCc2cc([C@@H]3CNC(NCCN)=N3)ccc2O1. The number of hydrogen-bond donors (Lipinski definition) is 6. The molecule has 0 radical (unpaired) electrons. The molecule has 0 unspecified atom stereocenters. The Morgan fingerprint density at radius 1 is 1.37 bits per heavy atom. The van der Waals surface area contributed by atoms with E-state index in [4.69, 9.17) is 30.6 Å². The molecule has 2 amide bonds. The van der Waals surface area contributed by atoms with Crippen LogP contribution in [0.3, 0.4) is 0 Å². The molecule has 0 bridgehead atoms. The molecule has 1 fully saturated rings. The first-order chi connectivity index (χ1) is 21.6. The first kappa shape index (κ1) is 33.3. The van der Waals surface area contributed by atoms with Crippen LogP contribution in [0.2, 0.25) is 0 Å². The molecule has 4 heterocycles. The summed E-state index contributed by atoms with van der Waals surface area (Å²) < 4.78 is 42.0. The second-order valence-electron chi connectivity index (χ2n) is 12.0. The lowest BCUT2D eigenvalue weighted by molar-refractivity contribution is -0.218. The van der Waals surface area contributed by atoms with Crippen LogP contribution in [0.1, 0.15) is 57.0 Å². The van der Waals surface area contributed by atoms with Crippen molar-refractivity contribution >= 4 is 50.4 Å². The third-order valence-corrected chi connectivity index (χ3v) is 8.86. The first-order valence-electron chi connectivity index (χ1n) is 14.4.